The number of aromatic nitrogens is 2. The van der Waals surface area contributed by atoms with Gasteiger partial charge in [-0.15, -0.1) is 0 Å². The number of hydrogen-bond acceptors (Lipinski definition) is 2. The minimum atomic E-state index is 0.560. The van der Waals surface area contributed by atoms with Crippen LogP contribution in [0.4, 0.5) is 5.95 Å². The van der Waals surface area contributed by atoms with E-state index in [2.05, 4.69) is 43.8 Å². The van der Waals surface area contributed by atoms with Crippen LogP contribution < -0.4 is 4.90 Å². The molecule has 3 nitrogen and oxygen atoms in total. The van der Waals surface area contributed by atoms with Crippen LogP contribution in [0.5, 0.6) is 0 Å². The van der Waals surface area contributed by atoms with E-state index in [1.807, 2.05) is 18.2 Å². The first-order valence-corrected chi connectivity index (χ1v) is 6.99. The van der Waals surface area contributed by atoms with E-state index in [1.54, 1.807) is 0 Å². The number of benzene rings is 1. The number of rotatable bonds is 1. The van der Waals surface area contributed by atoms with Crippen molar-refractivity contribution in [3.63, 3.8) is 0 Å². The molecular formula is C13H16BrN3. The molecule has 4 heteroatoms. The molecule has 0 amide bonds. The van der Waals surface area contributed by atoms with E-state index in [-0.39, 0.29) is 0 Å². The minimum absolute atomic E-state index is 0.560. The maximum absolute atomic E-state index is 4.65. The second kappa shape index (κ2) is 4.33. The number of H-pyrrole nitrogens is 1. The highest BCUT2D eigenvalue weighted by molar-refractivity contribution is 9.09. The molecule has 1 aromatic heterocycles. The summed E-state index contributed by atoms with van der Waals surface area (Å²) in [5.41, 5.74) is 2.17. The van der Waals surface area contributed by atoms with Crippen LogP contribution in [0.3, 0.4) is 0 Å². The molecule has 1 aliphatic rings. The van der Waals surface area contributed by atoms with Crippen molar-refractivity contribution in [2.75, 3.05) is 18.0 Å². The number of alkyl halides is 1. The quantitative estimate of drug-likeness (QED) is 0.819. The Morgan fingerprint density at radius 1 is 1.41 bits per heavy atom. The van der Waals surface area contributed by atoms with Crippen molar-refractivity contribution in [2.45, 2.75) is 18.2 Å². The SMILES string of the molecule is CC1CCN(c2nc3ccccc3[nH]2)CC1Br. The second-order valence-electron chi connectivity index (χ2n) is 4.81. The molecular weight excluding hydrogens is 278 g/mol. The third-order valence-electron chi connectivity index (χ3n) is 3.54. The molecule has 2 unspecified atom stereocenters. The van der Waals surface area contributed by atoms with E-state index in [0.29, 0.717) is 4.83 Å². The number of nitrogens with one attached hydrogen (secondary N) is 1. The van der Waals surface area contributed by atoms with Gasteiger partial charge in [0.2, 0.25) is 5.95 Å². The molecule has 1 saturated heterocycles. The average molecular weight is 294 g/mol. The molecule has 2 heterocycles. The molecule has 3 rings (SSSR count). The molecule has 1 aliphatic heterocycles. The molecule has 17 heavy (non-hydrogen) atoms. The van der Waals surface area contributed by atoms with Gasteiger partial charge < -0.3 is 9.88 Å². The van der Waals surface area contributed by atoms with E-state index in [9.17, 15) is 0 Å². The van der Waals surface area contributed by atoms with Crippen molar-refractivity contribution in [3.8, 4) is 0 Å². The summed E-state index contributed by atoms with van der Waals surface area (Å²) in [6, 6.07) is 8.19. The Hall–Kier alpha value is -1.03. The first kappa shape index (κ1) is 11.1. The maximum Gasteiger partial charge on any atom is 0.203 e. The zero-order valence-corrected chi connectivity index (χ0v) is 11.4. The fourth-order valence-corrected chi connectivity index (χ4v) is 2.92. The van der Waals surface area contributed by atoms with E-state index in [4.69, 9.17) is 0 Å². The predicted molar refractivity (Wildman–Crippen MR) is 74.8 cm³/mol. The molecule has 0 radical (unpaired) electrons. The third kappa shape index (κ3) is 2.06. The maximum atomic E-state index is 4.65. The summed E-state index contributed by atoms with van der Waals surface area (Å²) >= 11 is 3.75. The van der Waals surface area contributed by atoms with Crippen molar-refractivity contribution in [1.29, 1.82) is 0 Å². The van der Waals surface area contributed by atoms with Gasteiger partial charge in [-0.05, 0) is 24.5 Å². The number of anilines is 1. The fourth-order valence-electron chi connectivity index (χ4n) is 2.30. The molecule has 1 fully saturated rings. The van der Waals surface area contributed by atoms with Gasteiger partial charge in [0.1, 0.15) is 0 Å². The zero-order chi connectivity index (χ0) is 11.8. The van der Waals surface area contributed by atoms with Gasteiger partial charge in [0.15, 0.2) is 0 Å². The molecule has 0 bridgehead atoms. The lowest BCUT2D eigenvalue weighted by Crippen LogP contribution is -2.40. The van der Waals surface area contributed by atoms with Crippen LogP contribution in [-0.4, -0.2) is 27.9 Å². The number of para-hydroxylation sites is 2. The fraction of sp³-hybridized carbons (Fsp3) is 0.462. The molecule has 1 aromatic carbocycles. The van der Waals surface area contributed by atoms with Crippen LogP contribution in [0, 0.1) is 5.92 Å². The number of piperidine rings is 1. The Balaban J connectivity index is 1.88. The van der Waals surface area contributed by atoms with Crippen LogP contribution in [0.1, 0.15) is 13.3 Å². The summed E-state index contributed by atoms with van der Waals surface area (Å²) < 4.78 is 0. The van der Waals surface area contributed by atoms with Crippen molar-refractivity contribution in [2.24, 2.45) is 5.92 Å². The van der Waals surface area contributed by atoms with Crippen molar-refractivity contribution in [3.05, 3.63) is 24.3 Å². The minimum Gasteiger partial charge on any atom is -0.341 e. The van der Waals surface area contributed by atoms with Gasteiger partial charge in [-0.25, -0.2) is 4.98 Å². The molecule has 0 spiro atoms. The van der Waals surface area contributed by atoms with E-state index in [0.717, 1.165) is 36.0 Å². The van der Waals surface area contributed by atoms with Crippen LogP contribution in [-0.2, 0) is 0 Å². The normalized spacial score (nSPS) is 25.4. The monoisotopic (exact) mass is 293 g/mol. The summed E-state index contributed by atoms with van der Waals surface area (Å²) in [6.45, 7) is 4.42. The number of fused-ring (bicyclic) bond motifs is 1. The zero-order valence-electron chi connectivity index (χ0n) is 9.86. The largest absolute Gasteiger partial charge is 0.341 e. The Bertz CT molecular complexity index is 489. The molecule has 0 aliphatic carbocycles. The highest BCUT2D eigenvalue weighted by atomic mass is 79.9. The number of aromatic amines is 1. The van der Waals surface area contributed by atoms with Gasteiger partial charge in [-0.2, -0.15) is 0 Å². The highest BCUT2D eigenvalue weighted by Gasteiger charge is 2.25. The molecule has 90 valence electrons. The Kier molecular flexibility index (Phi) is 2.82. The van der Waals surface area contributed by atoms with Gasteiger partial charge in [0.25, 0.3) is 0 Å². The Morgan fingerprint density at radius 2 is 2.24 bits per heavy atom. The van der Waals surface area contributed by atoms with Crippen molar-refractivity contribution in [1.82, 2.24) is 9.97 Å². The number of nitrogens with zero attached hydrogens (tertiary/aromatic N) is 2. The van der Waals surface area contributed by atoms with Crippen molar-refractivity contribution < 1.29 is 0 Å². The number of halogens is 1. The summed E-state index contributed by atoms with van der Waals surface area (Å²) in [6.07, 6.45) is 1.22. The first-order valence-electron chi connectivity index (χ1n) is 6.08. The lowest BCUT2D eigenvalue weighted by Gasteiger charge is -2.33. The summed E-state index contributed by atoms with van der Waals surface area (Å²) in [7, 11) is 0. The third-order valence-corrected chi connectivity index (χ3v) is 4.74. The van der Waals surface area contributed by atoms with Gasteiger partial charge in [-0.1, -0.05) is 35.0 Å². The molecule has 0 saturated carbocycles. The molecule has 1 N–H and O–H groups in total. The standard InChI is InChI=1S/C13H16BrN3/c1-9-6-7-17(8-10(9)14)13-15-11-4-2-3-5-12(11)16-13/h2-5,9-10H,6-8H2,1H3,(H,15,16). The highest BCUT2D eigenvalue weighted by Crippen LogP contribution is 2.27. The summed E-state index contributed by atoms with van der Waals surface area (Å²) in [5.74, 6) is 1.75. The van der Waals surface area contributed by atoms with Gasteiger partial charge in [0.05, 0.1) is 11.0 Å². The second-order valence-corrected chi connectivity index (χ2v) is 5.98. The van der Waals surface area contributed by atoms with E-state index >= 15 is 0 Å². The topological polar surface area (TPSA) is 31.9 Å². The number of imidazole rings is 1. The first-order chi connectivity index (χ1) is 8.24. The van der Waals surface area contributed by atoms with Gasteiger partial charge in [-0.3, -0.25) is 0 Å². The van der Waals surface area contributed by atoms with Crippen LogP contribution in [0.15, 0.2) is 24.3 Å². The summed E-state index contributed by atoms with van der Waals surface area (Å²) in [5, 5.41) is 0. The smallest absolute Gasteiger partial charge is 0.203 e. The van der Waals surface area contributed by atoms with E-state index in [1.165, 1.54) is 6.42 Å². The van der Waals surface area contributed by atoms with Crippen LogP contribution in [0.2, 0.25) is 0 Å². The summed E-state index contributed by atoms with van der Waals surface area (Å²) in [4.78, 5) is 10.9. The lowest BCUT2D eigenvalue weighted by atomic mass is 9.99. The average Bonchev–Trinajstić information content (AvgIpc) is 2.76. The Morgan fingerprint density at radius 3 is 3.00 bits per heavy atom. The van der Waals surface area contributed by atoms with Gasteiger partial charge >= 0.3 is 0 Å². The number of hydrogen-bond donors (Lipinski definition) is 1. The van der Waals surface area contributed by atoms with Crippen molar-refractivity contribution >= 4 is 32.9 Å². The van der Waals surface area contributed by atoms with Gasteiger partial charge in [0, 0.05) is 17.9 Å². The molecule has 2 atom stereocenters. The van der Waals surface area contributed by atoms with Crippen LogP contribution in [0.25, 0.3) is 11.0 Å². The lowest BCUT2D eigenvalue weighted by molar-refractivity contribution is 0.453. The Labute approximate surface area is 109 Å². The molecule has 2 aromatic rings. The van der Waals surface area contributed by atoms with E-state index < -0.39 is 0 Å². The predicted octanol–water partition coefficient (Wildman–Crippen LogP) is 3.17. The van der Waals surface area contributed by atoms with Crippen LogP contribution >= 0.6 is 15.9 Å².